The fraction of sp³-hybridized carbons (Fsp3) is 0.350. The van der Waals surface area contributed by atoms with Crippen molar-refractivity contribution < 1.29 is 9.18 Å². The summed E-state index contributed by atoms with van der Waals surface area (Å²) in [5.41, 5.74) is 1.93. The Morgan fingerprint density at radius 3 is 2.79 bits per heavy atom. The van der Waals surface area contributed by atoms with Gasteiger partial charge in [-0.15, -0.1) is 6.58 Å². The third-order valence-corrected chi connectivity index (χ3v) is 3.80. The Bertz CT molecular complexity index is 690. The number of nitrogens with zero attached hydrogens (tertiary/aromatic N) is 2. The molecule has 0 saturated carbocycles. The molecule has 1 aromatic heterocycles. The summed E-state index contributed by atoms with van der Waals surface area (Å²) in [5.74, 6) is 0.217. The van der Waals surface area contributed by atoms with E-state index < -0.39 is 0 Å². The van der Waals surface area contributed by atoms with Crippen LogP contribution in [0.2, 0.25) is 0 Å². The molecule has 0 unspecified atom stereocenters. The van der Waals surface area contributed by atoms with E-state index in [4.69, 9.17) is 0 Å². The number of halogens is 1. The van der Waals surface area contributed by atoms with Crippen molar-refractivity contribution >= 4 is 5.91 Å². The summed E-state index contributed by atoms with van der Waals surface area (Å²) in [6.07, 6.45) is 4.23. The highest BCUT2D eigenvalue weighted by Crippen LogP contribution is 2.13. The molecule has 0 spiro atoms. The van der Waals surface area contributed by atoms with E-state index in [9.17, 15) is 9.18 Å². The first-order valence-corrected chi connectivity index (χ1v) is 8.26. The lowest BCUT2D eigenvalue weighted by Crippen LogP contribution is -2.32. The lowest BCUT2D eigenvalue weighted by molar-refractivity contribution is -0.132. The van der Waals surface area contributed by atoms with Crippen LogP contribution in [0.25, 0.3) is 0 Å². The average molecular weight is 328 g/mol. The quantitative estimate of drug-likeness (QED) is 0.666. The van der Waals surface area contributed by atoms with E-state index in [0.717, 1.165) is 11.3 Å². The van der Waals surface area contributed by atoms with Gasteiger partial charge in [0.1, 0.15) is 5.82 Å². The first kappa shape index (κ1) is 18.0. The molecule has 128 valence electrons. The normalized spacial score (nSPS) is 10.8. The summed E-state index contributed by atoms with van der Waals surface area (Å²) in [6, 6.07) is 10.5. The Hall–Kier alpha value is -2.36. The smallest absolute Gasteiger partial charge is 0.223 e. The number of amides is 1. The van der Waals surface area contributed by atoms with Gasteiger partial charge in [0, 0.05) is 31.4 Å². The number of carbonyl (C=O) groups is 1. The minimum absolute atomic E-state index is 0.128. The van der Waals surface area contributed by atoms with Crippen molar-refractivity contribution in [1.29, 1.82) is 0 Å². The number of benzene rings is 1. The molecule has 1 amide bonds. The number of carbonyl (C=O) groups excluding carboxylic acids is 1. The molecule has 0 aliphatic carbocycles. The molecule has 0 saturated heterocycles. The zero-order valence-electron chi connectivity index (χ0n) is 14.4. The summed E-state index contributed by atoms with van der Waals surface area (Å²) in [6.45, 7) is 9.46. The van der Waals surface area contributed by atoms with Gasteiger partial charge >= 0.3 is 0 Å². The minimum atomic E-state index is -0.235. The van der Waals surface area contributed by atoms with E-state index in [1.54, 1.807) is 12.1 Å². The van der Waals surface area contributed by atoms with Crippen LogP contribution in [0.15, 0.2) is 55.3 Å². The predicted molar refractivity (Wildman–Crippen MR) is 95.0 cm³/mol. The molecule has 0 aliphatic rings. The largest absolute Gasteiger partial charge is 0.345 e. The molecular weight excluding hydrogens is 303 g/mol. The van der Waals surface area contributed by atoms with Crippen LogP contribution in [-0.2, 0) is 17.9 Å². The SMILES string of the molecule is C=CCN(Cc1cccn1Cc1cccc(F)c1)C(=O)CC(C)C. The first-order valence-electron chi connectivity index (χ1n) is 8.26. The third kappa shape index (κ3) is 5.08. The number of hydrogen-bond donors (Lipinski definition) is 0. The van der Waals surface area contributed by atoms with Gasteiger partial charge in [0.2, 0.25) is 5.91 Å². The maximum absolute atomic E-state index is 13.4. The molecule has 24 heavy (non-hydrogen) atoms. The van der Waals surface area contributed by atoms with E-state index in [-0.39, 0.29) is 11.7 Å². The number of hydrogen-bond acceptors (Lipinski definition) is 1. The van der Waals surface area contributed by atoms with Crippen molar-refractivity contribution in [2.45, 2.75) is 33.4 Å². The lowest BCUT2D eigenvalue weighted by atomic mass is 10.1. The molecular formula is C20H25FN2O. The zero-order chi connectivity index (χ0) is 17.5. The summed E-state index contributed by atoms with van der Waals surface area (Å²) in [4.78, 5) is 14.2. The Kier molecular flexibility index (Phi) is 6.36. The topological polar surface area (TPSA) is 25.2 Å². The zero-order valence-corrected chi connectivity index (χ0v) is 14.4. The fourth-order valence-electron chi connectivity index (χ4n) is 2.66. The second-order valence-corrected chi connectivity index (χ2v) is 6.42. The molecule has 0 N–H and O–H groups in total. The van der Waals surface area contributed by atoms with Crippen LogP contribution < -0.4 is 0 Å². The Labute approximate surface area is 143 Å². The van der Waals surface area contributed by atoms with Crippen LogP contribution in [0.3, 0.4) is 0 Å². The molecule has 0 aliphatic heterocycles. The molecule has 1 heterocycles. The van der Waals surface area contributed by atoms with Crippen LogP contribution in [0.1, 0.15) is 31.5 Å². The van der Waals surface area contributed by atoms with Gasteiger partial charge in [-0.2, -0.15) is 0 Å². The summed E-state index contributed by atoms with van der Waals surface area (Å²) >= 11 is 0. The summed E-state index contributed by atoms with van der Waals surface area (Å²) in [5, 5.41) is 0. The molecule has 0 bridgehead atoms. The van der Waals surface area contributed by atoms with E-state index >= 15 is 0 Å². The van der Waals surface area contributed by atoms with Gasteiger partial charge in [-0.05, 0) is 35.7 Å². The monoisotopic (exact) mass is 328 g/mol. The molecule has 0 radical (unpaired) electrons. The second-order valence-electron chi connectivity index (χ2n) is 6.42. The van der Waals surface area contributed by atoms with Gasteiger partial charge in [0.25, 0.3) is 0 Å². The molecule has 3 nitrogen and oxygen atoms in total. The minimum Gasteiger partial charge on any atom is -0.345 e. The standard InChI is InChI=1S/C20H25FN2O/c1-4-10-23(20(24)12-16(2)3)15-19-9-6-11-22(19)14-17-7-5-8-18(21)13-17/h4-9,11,13,16H,1,10,12,14-15H2,2-3H3. The molecule has 0 atom stereocenters. The first-order chi connectivity index (χ1) is 11.5. The van der Waals surface area contributed by atoms with Crippen molar-refractivity contribution in [1.82, 2.24) is 9.47 Å². The van der Waals surface area contributed by atoms with Crippen LogP contribution >= 0.6 is 0 Å². The average Bonchev–Trinajstić information content (AvgIpc) is 2.93. The van der Waals surface area contributed by atoms with Crippen LogP contribution in [-0.4, -0.2) is 21.9 Å². The Morgan fingerprint density at radius 1 is 1.33 bits per heavy atom. The summed E-state index contributed by atoms with van der Waals surface area (Å²) in [7, 11) is 0. The van der Waals surface area contributed by atoms with Gasteiger partial charge in [0.05, 0.1) is 6.54 Å². The highest BCUT2D eigenvalue weighted by molar-refractivity contribution is 5.76. The van der Waals surface area contributed by atoms with Crippen molar-refractivity contribution in [3.05, 3.63) is 72.3 Å². The Morgan fingerprint density at radius 2 is 2.12 bits per heavy atom. The maximum Gasteiger partial charge on any atom is 0.223 e. The number of rotatable bonds is 8. The van der Waals surface area contributed by atoms with E-state index in [0.29, 0.717) is 32.0 Å². The van der Waals surface area contributed by atoms with Crippen LogP contribution in [0.4, 0.5) is 4.39 Å². The predicted octanol–water partition coefficient (Wildman–Crippen LogP) is 4.24. The van der Waals surface area contributed by atoms with Gasteiger partial charge in [-0.1, -0.05) is 32.1 Å². The van der Waals surface area contributed by atoms with Crippen molar-refractivity contribution in [3.63, 3.8) is 0 Å². The van der Waals surface area contributed by atoms with Crippen molar-refractivity contribution in [2.75, 3.05) is 6.54 Å². The van der Waals surface area contributed by atoms with E-state index in [1.807, 2.05) is 47.7 Å². The van der Waals surface area contributed by atoms with Crippen LogP contribution in [0, 0.1) is 11.7 Å². The fourth-order valence-corrected chi connectivity index (χ4v) is 2.66. The highest BCUT2D eigenvalue weighted by atomic mass is 19.1. The summed E-state index contributed by atoms with van der Waals surface area (Å²) < 4.78 is 15.4. The van der Waals surface area contributed by atoms with E-state index in [1.165, 1.54) is 12.1 Å². The molecule has 4 heteroatoms. The second kappa shape index (κ2) is 8.48. The van der Waals surface area contributed by atoms with Crippen LogP contribution in [0.5, 0.6) is 0 Å². The lowest BCUT2D eigenvalue weighted by Gasteiger charge is -2.23. The molecule has 2 aromatic rings. The third-order valence-electron chi connectivity index (χ3n) is 3.80. The van der Waals surface area contributed by atoms with Gasteiger partial charge < -0.3 is 9.47 Å². The molecule has 0 fully saturated rings. The highest BCUT2D eigenvalue weighted by Gasteiger charge is 2.15. The maximum atomic E-state index is 13.4. The van der Waals surface area contributed by atoms with Gasteiger partial charge in [-0.3, -0.25) is 4.79 Å². The van der Waals surface area contributed by atoms with Crippen molar-refractivity contribution in [2.24, 2.45) is 5.92 Å². The Balaban J connectivity index is 2.12. The van der Waals surface area contributed by atoms with Gasteiger partial charge in [-0.25, -0.2) is 4.39 Å². The van der Waals surface area contributed by atoms with Gasteiger partial charge in [0.15, 0.2) is 0 Å². The molecule has 2 rings (SSSR count). The van der Waals surface area contributed by atoms with Crippen molar-refractivity contribution in [3.8, 4) is 0 Å². The molecule has 1 aromatic carbocycles. The van der Waals surface area contributed by atoms with E-state index in [2.05, 4.69) is 6.58 Å². The number of aromatic nitrogens is 1.